The maximum absolute atomic E-state index is 8.81. The van der Waals surface area contributed by atoms with Crippen molar-refractivity contribution in [3.8, 4) is 17.9 Å². The maximum atomic E-state index is 8.81. The number of hydrogen-bond acceptors (Lipinski definition) is 5. The van der Waals surface area contributed by atoms with E-state index in [1.807, 2.05) is 19.2 Å². The molecule has 5 heteroatoms. The van der Waals surface area contributed by atoms with E-state index in [4.69, 9.17) is 5.26 Å². The summed E-state index contributed by atoms with van der Waals surface area (Å²) in [5.41, 5.74) is 2.26. The summed E-state index contributed by atoms with van der Waals surface area (Å²) >= 11 is 0. The van der Waals surface area contributed by atoms with Crippen molar-refractivity contribution in [2.45, 2.75) is 19.3 Å². The number of anilines is 3. The fourth-order valence-electron chi connectivity index (χ4n) is 2.21. The minimum atomic E-state index is 0.494. The highest BCUT2D eigenvalue weighted by atomic mass is 15.1. The van der Waals surface area contributed by atoms with Crippen LogP contribution in [0.3, 0.4) is 0 Å². The minimum absolute atomic E-state index is 0.494. The largest absolute Gasteiger partial charge is 0.372 e. The van der Waals surface area contributed by atoms with Gasteiger partial charge < -0.3 is 10.6 Å². The second kappa shape index (κ2) is 6.81. The molecule has 0 radical (unpaired) electrons. The molecule has 23 heavy (non-hydrogen) atoms. The van der Waals surface area contributed by atoms with Crippen LogP contribution in [-0.4, -0.2) is 17.0 Å². The van der Waals surface area contributed by atoms with Gasteiger partial charge in [0.25, 0.3) is 0 Å². The summed E-state index contributed by atoms with van der Waals surface area (Å²) in [5, 5.41) is 15.0. The zero-order valence-electron chi connectivity index (χ0n) is 12.9. The highest BCUT2D eigenvalue weighted by Gasteiger charge is 2.14. The molecule has 0 bridgehead atoms. The zero-order chi connectivity index (χ0) is 16.1. The maximum Gasteiger partial charge on any atom is 0.229 e. The molecule has 2 aromatic rings. The number of benzene rings is 1. The Hall–Kier alpha value is -3.05. The highest BCUT2D eigenvalue weighted by Crippen LogP contribution is 2.25. The molecule has 1 aliphatic carbocycles. The van der Waals surface area contributed by atoms with E-state index in [-0.39, 0.29) is 0 Å². The molecule has 2 N–H and O–H groups in total. The lowest BCUT2D eigenvalue weighted by atomic mass is 9.86. The van der Waals surface area contributed by atoms with Crippen LogP contribution in [0.15, 0.2) is 30.5 Å². The number of nitriles is 1. The molecule has 1 heterocycles. The summed E-state index contributed by atoms with van der Waals surface area (Å²) in [5.74, 6) is 8.17. The molecule has 3 rings (SSSR count). The van der Waals surface area contributed by atoms with Gasteiger partial charge >= 0.3 is 0 Å². The van der Waals surface area contributed by atoms with Crippen molar-refractivity contribution < 1.29 is 0 Å². The zero-order valence-corrected chi connectivity index (χ0v) is 12.9. The van der Waals surface area contributed by atoms with Crippen LogP contribution in [-0.2, 0) is 0 Å². The first kappa shape index (κ1) is 14.9. The van der Waals surface area contributed by atoms with E-state index in [2.05, 4.69) is 38.5 Å². The first-order valence-corrected chi connectivity index (χ1v) is 7.62. The number of aromatic nitrogens is 2. The van der Waals surface area contributed by atoms with Crippen molar-refractivity contribution in [2.24, 2.45) is 5.92 Å². The Balaban J connectivity index is 1.77. The first-order valence-electron chi connectivity index (χ1n) is 7.62. The molecule has 5 nitrogen and oxygen atoms in total. The quantitative estimate of drug-likeness (QED) is 0.851. The standard InChI is InChI=1S/C18H17N5/c1-20-17-15(8-5-13-3-2-4-13)12-21-18(23-17)22-16-9-6-14(11-19)7-10-16/h6-7,9-10,12-13H,2-4H2,1H3,(H2,20,21,22,23). The summed E-state index contributed by atoms with van der Waals surface area (Å²) in [7, 11) is 1.82. The van der Waals surface area contributed by atoms with Gasteiger partial charge in [-0.05, 0) is 37.1 Å². The van der Waals surface area contributed by atoms with Gasteiger partial charge in [0.15, 0.2) is 0 Å². The van der Waals surface area contributed by atoms with Gasteiger partial charge in [-0.15, -0.1) is 0 Å². The van der Waals surface area contributed by atoms with Crippen molar-refractivity contribution in [3.63, 3.8) is 0 Å². The van der Waals surface area contributed by atoms with E-state index in [0.717, 1.165) is 11.3 Å². The lowest BCUT2D eigenvalue weighted by Gasteiger charge is -2.18. The third-order valence-electron chi connectivity index (χ3n) is 3.81. The van der Waals surface area contributed by atoms with E-state index in [1.54, 1.807) is 18.3 Å². The van der Waals surface area contributed by atoms with Crippen LogP contribution < -0.4 is 10.6 Å². The average molecular weight is 303 g/mol. The van der Waals surface area contributed by atoms with Gasteiger partial charge in [0, 0.05) is 18.7 Å². The van der Waals surface area contributed by atoms with Crippen LogP contribution >= 0.6 is 0 Å². The minimum Gasteiger partial charge on any atom is -0.372 e. The summed E-state index contributed by atoms with van der Waals surface area (Å²) in [6.07, 6.45) is 5.40. The normalized spacial score (nSPS) is 13.2. The second-order valence-corrected chi connectivity index (χ2v) is 5.42. The smallest absolute Gasteiger partial charge is 0.229 e. The van der Waals surface area contributed by atoms with Gasteiger partial charge in [-0.1, -0.05) is 18.3 Å². The van der Waals surface area contributed by atoms with Gasteiger partial charge in [-0.2, -0.15) is 10.2 Å². The van der Waals surface area contributed by atoms with E-state index >= 15 is 0 Å². The Morgan fingerprint density at radius 1 is 1.22 bits per heavy atom. The van der Waals surface area contributed by atoms with Crippen LogP contribution in [0.4, 0.5) is 17.5 Å². The third-order valence-corrected chi connectivity index (χ3v) is 3.81. The van der Waals surface area contributed by atoms with Gasteiger partial charge in [0.2, 0.25) is 5.95 Å². The molecule has 1 saturated carbocycles. The molecular formula is C18H17N5. The third kappa shape index (κ3) is 3.59. The predicted octanol–water partition coefficient (Wildman–Crippen LogP) is 3.29. The van der Waals surface area contributed by atoms with Crippen LogP contribution in [0, 0.1) is 29.1 Å². The second-order valence-electron chi connectivity index (χ2n) is 5.42. The van der Waals surface area contributed by atoms with Gasteiger partial charge in [0.05, 0.1) is 23.4 Å². The van der Waals surface area contributed by atoms with Crippen molar-refractivity contribution in [3.05, 3.63) is 41.6 Å². The number of nitrogens with zero attached hydrogens (tertiary/aromatic N) is 3. The Morgan fingerprint density at radius 2 is 2.00 bits per heavy atom. The Morgan fingerprint density at radius 3 is 2.61 bits per heavy atom. The van der Waals surface area contributed by atoms with Gasteiger partial charge in [0.1, 0.15) is 5.82 Å². The summed E-state index contributed by atoms with van der Waals surface area (Å²) in [6, 6.07) is 9.24. The Kier molecular flexibility index (Phi) is 4.40. The summed E-state index contributed by atoms with van der Waals surface area (Å²) < 4.78 is 0. The monoisotopic (exact) mass is 303 g/mol. The molecule has 0 saturated heterocycles. The molecule has 1 aromatic heterocycles. The highest BCUT2D eigenvalue weighted by molar-refractivity contribution is 5.59. The summed E-state index contributed by atoms with van der Waals surface area (Å²) in [4.78, 5) is 8.77. The van der Waals surface area contributed by atoms with E-state index in [9.17, 15) is 0 Å². The van der Waals surface area contributed by atoms with Gasteiger partial charge in [-0.3, -0.25) is 0 Å². The molecule has 1 aromatic carbocycles. The van der Waals surface area contributed by atoms with Crippen molar-refractivity contribution in [2.75, 3.05) is 17.7 Å². The van der Waals surface area contributed by atoms with Crippen LogP contribution in [0.5, 0.6) is 0 Å². The van der Waals surface area contributed by atoms with E-state index < -0.39 is 0 Å². The van der Waals surface area contributed by atoms with Crippen molar-refractivity contribution in [1.82, 2.24) is 9.97 Å². The fourth-order valence-corrected chi connectivity index (χ4v) is 2.21. The average Bonchev–Trinajstić information content (AvgIpc) is 2.55. The number of hydrogen-bond donors (Lipinski definition) is 2. The number of nitrogens with one attached hydrogen (secondary N) is 2. The molecule has 0 spiro atoms. The van der Waals surface area contributed by atoms with Crippen LogP contribution in [0.2, 0.25) is 0 Å². The fraction of sp³-hybridized carbons (Fsp3) is 0.278. The van der Waals surface area contributed by atoms with Gasteiger partial charge in [-0.25, -0.2) is 4.98 Å². The Bertz CT molecular complexity index is 789. The lowest BCUT2D eigenvalue weighted by Crippen LogP contribution is -2.08. The first-order chi connectivity index (χ1) is 11.3. The van der Waals surface area contributed by atoms with Crippen molar-refractivity contribution in [1.29, 1.82) is 5.26 Å². The SMILES string of the molecule is CNc1nc(Nc2ccc(C#N)cc2)ncc1C#CC1CCC1. The molecule has 0 amide bonds. The lowest BCUT2D eigenvalue weighted by molar-refractivity contribution is 0.401. The molecule has 114 valence electrons. The molecule has 1 aliphatic rings. The Labute approximate surface area is 135 Å². The number of rotatable bonds is 3. The van der Waals surface area contributed by atoms with E-state index in [0.29, 0.717) is 23.2 Å². The van der Waals surface area contributed by atoms with E-state index in [1.165, 1.54) is 19.3 Å². The predicted molar refractivity (Wildman–Crippen MR) is 90.2 cm³/mol. The summed E-state index contributed by atoms with van der Waals surface area (Å²) in [6.45, 7) is 0. The molecule has 0 atom stereocenters. The molecule has 1 fully saturated rings. The molecule has 0 aliphatic heterocycles. The van der Waals surface area contributed by atoms with Crippen LogP contribution in [0.25, 0.3) is 0 Å². The topological polar surface area (TPSA) is 73.6 Å². The molecule has 0 unspecified atom stereocenters. The molecular weight excluding hydrogens is 286 g/mol. The van der Waals surface area contributed by atoms with Crippen molar-refractivity contribution >= 4 is 17.5 Å². The van der Waals surface area contributed by atoms with Crippen LogP contribution in [0.1, 0.15) is 30.4 Å².